The zero-order valence-electron chi connectivity index (χ0n) is 36.0. The van der Waals surface area contributed by atoms with Crippen LogP contribution in [0.2, 0.25) is 0 Å². The van der Waals surface area contributed by atoms with Crippen molar-refractivity contribution >= 4 is 47.4 Å². The van der Waals surface area contributed by atoms with Crippen LogP contribution in [-0.4, -0.2) is 136 Å². The van der Waals surface area contributed by atoms with Crippen molar-refractivity contribution in [2.75, 3.05) is 32.7 Å². The molecule has 1 aliphatic rings. The highest BCUT2D eigenvalue weighted by atomic mass is 16.4. The van der Waals surface area contributed by atoms with Gasteiger partial charge >= 0.3 is 5.97 Å². The minimum absolute atomic E-state index is 0.0185. The van der Waals surface area contributed by atoms with Crippen LogP contribution in [0.25, 0.3) is 10.4 Å². The number of guanidine groups is 2. The van der Waals surface area contributed by atoms with Gasteiger partial charge in [-0.1, -0.05) is 51.4 Å². The first-order valence-electron chi connectivity index (χ1n) is 20.7. The number of azide groups is 1. The van der Waals surface area contributed by atoms with Crippen LogP contribution in [0.15, 0.2) is 39.4 Å². The summed E-state index contributed by atoms with van der Waals surface area (Å²) in [5.74, 6) is -5.45. The standard InChI is InChI=1S/C39H65N15O8/c1-5-23(4)32(34(58)49-29(37(61)62)18-22(2)3)50-31(56)21-53(17-14-24-10-12-26(55)13-11-24)36(60)30-19-25(51-52-45)20-54(30)35(59)28(9-7-16-47-39(43)44)48-33(57)27(40)8-6-15-46-38(41)42/h10-13,22-23,25,27-30,32,55H,5-9,14-21,40H2,1-4H3,(H,48,57)(H,49,58)(H,50,56)(H,61,62)(H4,41,42,46)(H4,43,44,47)/t23-,25-,27-,28-,29-,30-,32-/m0/s1. The van der Waals surface area contributed by atoms with Crippen molar-refractivity contribution < 1.29 is 39.0 Å². The van der Waals surface area contributed by atoms with Gasteiger partial charge in [0.1, 0.15) is 29.9 Å². The summed E-state index contributed by atoms with van der Waals surface area (Å²) >= 11 is 0. The summed E-state index contributed by atoms with van der Waals surface area (Å²) in [6.07, 6.45) is 1.48. The van der Waals surface area contributed by atoms with Crippen LogP contribution in [0.4, 0.5) is 0 Å². The fraction of sp³-hybridized carbons (Fsp3) is 0.641. The van der Waals surface area contributed by atoms with Crippen molar-refractivity contribution in [2.45, 2.75) is 115 Å². The predicted molar refractivity (Wildman–Crippen MR) is 232 cm³/mol. The molecule has 7 atom stereocenters. The summed E-state index contributed by atoms with van der Waals surface area (Å²) in [6.45, 7) is 6.65. The van der Waals surface area contributed by atoms with Gasteiger partial charge in [0.25, 0.3) is 0 Å². The van der Waals surface area contributed by atoms with Crippen molar-refractivity contribution in [1.82, 2.24) is 25.8 Å². The van der Waals surface area contributed by atoms with Crippen LogP contribution >= 0.6 is 0 Å². The van der Waals surface area contributed by atoms with Gasteiger partial charge in [0.15, 0.2) is 11.9 Å². The number of aliphatic imine (C=N–C) groups is 2. The van der Waals surface area contributed by atoms with Gasteiger partial charge < -0.3 is 64.6 Å². The number of carbonyl (C=O) groups is 6. The number of hydrogen-bond donors (Lipinski definition) is 10. The zero-order chi connectivity index (χ0) is 46.5. The molecule has 0 aromatic heterocycles. The molecule has 0 bridgehead atoms. The summed E-state index contributed by atoms with van der Waals surface area (Å²) in [4.78, 5) is 95.0. The average molecular weight is 872 g/mol. The molecule has 23 heteroatoms. The molecule has 15 N–H and O–H groups in total. The van der Waals surface area contributed by atoms with Crippen LogP contribution in [0.1, 0.15) is 78.2 Å². The fourth-order valence-electron chi connectivity index (χ4n) is 6.79. The molecule has 2 rings (SSSR count). The van der Waals surface area contributed by atoms with Crippen LogP contribution < -0.4 is 44.6 Å². The van der Waals surface area contributed by atoms with Gasteiger partial charge in [-0.25, -0.2) is 4.79 Å². The molecule has 344 valence electrons. The number of amides is 5. The molecule has 1 aromatic carbocycles. The van der Waals surface area contributed by atoms with E-state index in [-0.39, 0.29) is 88.3 Å². The lowest BCUT2D eigenvalue weighted by Crippen LogP contribution is -2.58. The number of phenolic OH excluding ortho intramolecular Hbond substituents is 1. The summed E-state index contributed by atoms with van der Waals surface area (Å²) in [7, 11) is 0. The van der Waals surface area contributed by atoms with Crippen molar-refractivity contribution in [2.24, 2.45) is 55.6 Å². The summed E-state index contributed by atoms with van der Waals surface area (Å²) in [5, 5.41) is 31.3. The van der Waals surface area contributed by atoms with E-state index in [9.17, 15) is 44.5 Å². The van der Waals surface area contributed by atoms with E-state index in [1.54, 1.807) is 26.0 Å². The van der Waals surface area contributed by atoms with Gasteiger partial charge in [0, 0.05) is 31.1 Å². The number of hydrogen-bond acceptors (Lipinski definition) is 11. The number of nitrogens with one attached hydrogen (secondary N) is 3. The first-order valence-corrected chi connectivity index (χ1v) is 20.7. The molecular formula is C39H65N15O8. The van der Waals surface area contributed by atoms with E-state index in [0.717, 1.165) is 0 Å². The molecule has 0 unspecified atom stereocenters. The van der Waals surface area contributed by atoms with E-state index >= 15 is 0 Å². The second-order valence-corrected chi connectivity index (χ2v) is 15.8. The molecule has 0 aliphatic carbocycles. The highest BCUT2D eigenvalue weighted by Crippen LogP contribution is 2.25. The first-order chi connectivity index (χ1) is 29.3. The largest absolute Gasteiger partial charge is 0.508 e. The van der Waals surface area contributed by atoms with E-state index in [4.69, 9.17) is 28.7 Å². The number of aromatic hydroxyl groups is 1. The Labute approximate surface area is 361 Å². The number of nitrogens with two attached hydrogens (primary N) is 5. The Hall–Kier alpha value is -6.35. The van der Waals surface area contributed by atoms with Gasteiger partial charge in [0.2, 0.25) is 29.5 Å². The third-order valence-electron chi connectivity index (χ3n) is 10.3. The van der Waals surface area contributed by atoms with Crippen molar-refractivity contribution in [3.05, 3.63) is 40.3 Å². The Bertz CT molecular complexity index is 1780. The van der Waals surface area contributed by atoms with E-state index in [1.165, 1.54) is 21.9 Å². The fourth-order valence-corrected chi connectivity index (χ4v) is 6.79. The number of rotatable bonds is 26. The molecule has 0 spiro atoms. The minimum atomic E-state index is -1.27. The topological polar surface area (TPSA) is 389 Å². The van der Waals surface area contributed by atoms with Gasteiger partial charge in [-0.3, -0.25) is 34.0 Å². The summed E-state index contributed by atoms with van der Waals surface area (Å²) < 4.78 is 0. The number of benzene rings is 1. The maximum Gasteiger partial charge on any atom is 0.326 e. The molecule has 1 heterocycles. The highest BCUT2D eigenvalue weighted by Gasteiger charge is 2.44. The number of phenols is 1. The third-order valence-corrected chi connectivity index (χ3v) is 10.3. The molecule has 1 saturated heterocycles. The molecule has 1 aromatic rings. The second kappa shape index (κ2) is 26.1. The van der Waals surface area contributed by atoms with Crippen molar-refractivity contribution in [3.8, 4) is 5.75 Å². The number of aliphatic carboxylic acids is 1. The van der Waals surface area contributed by atoms with E-state index in [2.05, 4.69) is 36.0 Å². The van der Waals surface area contributed by atoms with Crippen LogP contribution in [0.3, 0.4) is 0 Å². The van der Waals surface area contributed by atoms with Gasteiger partial charge in [-0.15, -0.1) is 0 Å². The monoisotopic (exact) mass is 872 g/mol. The number of carboxylic acid groups (broad SMARTS) is 1. The Morgan fingerprint density at radius 3 is 2.06 bits per heavy atom. The van der Waals surface area contributed by atoms with Gasteiger partial charge in [0.05, 0.1) is 18.6 Å². The molecule has 23 nitrogen and oxygen atoms in total. The SMILES string of the molecule is CC[C@H](C)[C@H](NC(=O)CN(CCc1ccc(O)cc1)C(=O)[C@@H]1C[C@H](N=[N+]=[N-])CN1C(=O)[C@H](CCCN=C(N)N)NC(=O)[C@@H](N)CCCN=C(N)N)C(=O)N[C@@H](CC(C)C)C(=O)O. The third kappa shape index (κ3) is 17.7. The quantitative estimate of drug-likeness (QED) is 0.0135. The van der Waals surface area contributed by atoms with E-state index in [0.29, 0.717) is 18.4 Å². The smallest absolute Gasteiger partial charge is 0.326 e. The van der Waals surface area contributed by atoms with Crippen molar-refractivity contribution in [1.29, 1.82) is 0 Å². The Morgan fingerprint density at radius 2 is 1.52 bits per heavy atom. The molecule has 0 saturated carbocycles. The Balaban J connectivity index is 2.49. The van der Waals surface area contributed by atoms with Crippen LogP contribution in [0, 0.1) is 11.8 Å². The summed E-state index contributed by atoms with van der Waals surface area (Å²) in [5.41, 5.74) is 37.9. The Kier molecular flexibility index (Phi) is 21.8. The number of nitrogens with zero attached hydrogens (tertiary/aromatic N) is 7. The van der Waals surface area contributed by atoms with E-state index in [1.807, 2.05) is 13.8 Å². The van der Waals surface area contributed by atoms with Crippen LogP contribution in [-0.2, 0) is 35.2 Å². The highest BCUT2D eigenvalue weighted by molar-refractivity contribution is 5.96. The number of carbonyl (C=O) groups excluding carboxylic acids is 5. The lowest BCUT2D eigenvalue weighted by molar-refractivity contribution is -0.147. The summed E-state index contributed by atoms with van der Waals surface area (Å²) in [6, 6.07) is -0.543. The molecular weight excluding hydrogens is 807 g/mol. The lowest BCUT2D eigenvalue weighted by Gasteiger charge is -2.33. The molecule has 0 radical (unpaired) electrons. The Morgan fingerprint density at radius 1 is 0.919 bits per heavy atom. The molecule has 5 amide bonds. The molecule has 62 heavy (non-hydrogen) atoms. The minimum Gasteiger partial charge on any atom is -0.508 e. The number of carboxylic acids is 1. The normalized spacial score (nSPS) is 17.0. The first kappa shape index (κ1) is 51.8. The lowest BCUT2D eigenvalue weighted by atomic mass is 9.97. The maximum absolute atomic E-state index is 14.7. The van der Waals surface area contributed by atoms with Gasteiger partial charge in [-0.05, 0) is 80.0 Å². The number of likely N-dealkylation sites (tertiary alicyclic amines) is 1. The zero-order valence-corrected chi connectivity index (χ0v) is 36.0. The molecule has 1 aliphatic heterocycles. The van der Waals surface area contributed by atoms with Gasteiger partial charge in [-0.2, -0.15) is 0 Å². The second-order valence-electron chi connectivity index (χ2n) is 15.8. The predicted octanol–water partition coefficient (Wildman–Crippen LogP) is -0.891. The van der Waals surface area contributed by atoms with Crippen LogP contribution in [0.5, 0.6) is 5.75 Å². The maximum atomic E-state index is 14.7. The van der Waals surface area contributed by atoms with E-state index < -0.39 is 84.2 Å². The average Bonchev–Trinajstić information content (AvgIpc) is 3.64. The van der Waals surface area contributed by atoms with Crippen molar-refractivity contribution in [3.63, 3.8) is 0 Å². The molecule has 1 fully saturated rings.